The van der Waals surface area contributed by atoms with Crippen LogP contribution < -0.4 is 15.4 Å². The molecular formula is C15H22N2O2. The van der Waals surface area contributed by atoms with Crippen molar-refractivity contribution in [3.8, 4) is 5.75 Å². The Morgan fingerprint density at radius 1 is 1.42 bits per heavy atom. The summed E-state index contributed by atoms with van der Waals surface area (Å²) in [6.45, 7) is 3.02. The lowest BCUT2D eigenvalue weighted by Gasteiger charge is -2.25. The Kier molecular flexibility index (Phi) is 4.80. The number of fused-ring (bicyclic) bond motifs is 1. The Morgan fingerprint density at radius 3 is 3.00 bits per heavy atom. The number of likely N-dealkylation sites (N-methyl/N-ethyl adjacent to an activating group) is 1. The Labute approximate surface area is 114 Å². The van der Waals surface area contributed by atoms with Gasteiger partial charge in [0.25, 0.3) is 0 Å². The molecule has 0 saturated heterocycles. The lowest BCUT2D eigenvalue weighted by Crippen LogP contribution is -2.41. The molecule has 0 heterocycles. The van der Waals surface area contributed by atoms with E-state index in [9.17, 15) is 4.79 Å². The molecule has 0 aromatic heterocycles. The number of nitrogens with one attached hydrogen (secondary N) is 2. The van der Waals surface area contributed by atoms with Gasteiger partial charge in [0.15, 0.2) is 0 Å². The fraction of sp³-hybridized carbons (Fsp3) is 0.533. The van der Waals surface area contributed by atoms with E-state index in [2.05, 4.69) is 22.8 Å². The molecule has 1 aliphatic carbocycles. The molecule has 1 unspecified atom stereocenters. The van der Waals surface area contributed by atoms with Gasteiger partial charge in [-0.15, -0.1) is 0 Å². The molecule has 1 atom stereocenters. The Bertz CT molecular complexity index is 446. The van der Waals surface area contributed by atoms with Gasteiger partial charge in [0.05, 0.1) is 13.7 Å². The molecule has 104 valence electrons. The number of amides is 1. The molecular weight excluding hydrogens is 240 g/mol. The van der Waals surface area contributed by atoms with Crippen LogP contribution in [0.3, 0.4) is 0 Å². The molecule has 2 rings (SSSR count). The molecule has 19 heavy (non-hydrogen) atoms. The van der Waals surface area contributed by atoms with Crippen molar-refractivity contribution >= 4 is 5.91 Å². The molecule has 4 nitrogen and oxygen atoms in total. The molecule has 0 fully saturated rings. The van der Waals surface area contributed by atoms with Crippen molar-refractivity contribution in [2.75, 3.05) is 20.2 Å². The topological polar surface area (TPSA) is 50.4 Å². The molecule has 2 N–H and O–H groups in total. The molecule has 0 bridgehead atoms. The van der Waals surface area contributed by atoms with Gasteiger partial charge in [-0.3, -0.25) is 4.79 Å². The predicted molar refractivity (Wildman–Crippen MR) is 75.5 cm³/mol. The summed E-state index contributed by atoms with van der Waals surface area (Å²) >= 11 is 0. The van der Waals surface area contributed by atoms with Crippen LogP contribution in [-0.2, 0) is 17.6 Å². The minimum Gasteiger partial charge on any atom is -0.497 e. The average molecular weight is 262 g/mol. The summed E-state index contributed by atoms with van der Waals surface area (Å²) in [6, 6.07) is 6.65. The van der Waals surface area contributed by atoms with E-state index in [-0.39, 0.29) is 5.91 Å². The first-order valence-electron chi connectivity index (χ1n) is 6.88. The van der Waals surface area contributed by atoms with Crippen LogP contribution in [-0.4, -0.2) is 32.1 Å². The molecule has 1 aromatic carbocycles. The van der Waals surface area contributed by atoms with Crippen molar-refractivity contribution in [2.45, 2.75) is 32.2 Å². The van der Waals surface area contributed by atoms with Gasteiger partial charge in [0, 0.05) is 12.6 Å². The highest BCUT2D eigenvalue weighted by atomic mass is 16.5. The van der Waals surface area contributed by atoms with Gasteiger partial charge in [-0.2, -0.15) is 0 Å². The third-order valence-electron chi connectivity index (χ3n) is 3.57. The maximum Gasteiger partial charge on any atom is 0.233 e. The number of hydrogen-bond donors (Lipinski definition) is 2. The molecule has 0 spiro atoms. The van der Waals surface area contributed by atoms with E-state index in [0.29, 0.717) is 19.1 Å². The predicted octanol–water partition coefficient (Wildman–Crippen LogP) is 1.28. The fourth-order valence-corrected chi connectivity index (χ4v) is 2.53. The van der Waals surface area contributed by atoms with Crippen LogP contribution in [0.4, 0.5) is 0 Å². The van der Waals surface area contributed by atoms with Gasteiger partial charge in [0.1, 0.15) is 5.75 Å². The first kappa shape index (κ1) is 13.9. The highest BCUT2D eigenvalue weighted by Crippen LogP contribution is 2.25. The minimum absolute atomic E-state index is 0.0685. The van der Waals surface area contributed by atoms with Crippen LogP contribution in [0, 0.1) is 0 Å². The SMILES string of the molecule is CCNC(=O)CNC1CCc2ccc(OC)cc2C1. The standard InChI is InChI=1S/C15H22N2O2/c1-3-16-15(18)10-17-13-6-4-11-5-7-14(19-2)9-12(11)8-13/h5,7,9,13,17H,3-4,6,8,10H2,1-2H3,(H,16,18). The molecule has 0 radical (unpaired) electrons. The molecule has 0 saturated carbocycles. The van der Waals surface area contributed by atoms with Crippen molar-refractivity contribution < 1.29 is 9.53 Å². The second-order valence-corrected chi connectivity index (χ2v) is 4.91. The number of benzene rings is 1. The largest absolute Gasteiger partial charge is 0.497 e. The normalized spacial score (nSPS) is 17.7. The zero-order chi connectivity index (χ0) is 13.7. The number of ether oxygens (including phenoxy) is 1. The summed E-state index contributed by atoms with van der Waals surface area (Å²) in [5, 5.41) is 6.13. The van der Waals surface area contributed by atoms with Crippen molar-refractivity contribution in [2.24, 2.45) is 0 Å². The van der Waals surface area contributed by atoms with Gasteiger partial charge in [-0.25, -0.2) is 0 Å². The maximum absolute atomic E-state index is 11.4. The van der Waals surface area contributed by atoms with Gasteiger partial charge in [-0.1, -0.05) is 6.07 Å². The van der Waals surface area contributed by atoms with Crippen LogP contribution in [0.1, 0.15) is 24.5 Å². The van der Waals surface area contributed by atoms with E-state index in [1.54, 1.807) is 7.11 Å². The van der Waals surface area contributed by atoms with Gasteiger partial charge in [0.2, 0.25) is 5.91 Å². The van der Waals surface area contributed by atoms with Crippen LogP contribution in [0.15, 0.2) is 18.2 Å². The number of rotatable bonds is 5. The van der Waals surface area contributed by atoms with E-state index in [1.807, 2.05) is 13.0 Å². The summed E-state index contributed by atoms with van der Waals surface area (Å²) in [4.78, 5) is 11.4. The second kappa shape index (κ2) is 6.57. The number of hydrogen-bond acceptors (Lipinski definition) is 3. The lowest BCUT2D eigenvalue weighted by molar-refractivity contribution is -0.120. The number of methoxy groups -OCH3 is 1. The summed E-state index contributed by atoms with van der Waals surface area (Å²) < 4.78 is 5.26. The zero-order valence-corrected chi connectivity index (χ0v) is 11.7. The van der Waals surface area contributed by atoms with E-state index >= 15 is 0 Å². The first-order valence-corrected chi connectivity index (χ1v) is 6.88. The molecule has 1 amide bonds. The van der Waals surface area contributed by atoms with Gasteiger partial charge < -0.3 is 15.4 Å². The quantitative estimate of drug-likeness (QED) is 0.840. The summed E-state index contributed by atoms with van der Waals surface area (Å²) in [6.07, 6.45) is 3.11. The highest BCUT2D eigenvalue weighted by Gasteiger charge is 2.19. The minimum atomic E-state index is 0.0685. The monoisotopic (exact) mass is 262 g/mol. The lowest BCUT2D eigenvalue weighted by atomic mass is 9.88. The van der Waals surface area contributed by atoms with Gasteiger partial charge in [-0.05, 0) is 49.4 Å². The van der Waals surface area contributed by atoms with Crippen molar-refractivity contribution in [1.29, 1.82) is 0 Å². The van der Waals surface area contributed by atoms with E-state index < -0.39 is 0 Å². The number of carbonyl (C=O) groups excluding carboxylic acids is 1. The van der Waals surface area contributed by atoms with E-state index in [1.165, 1.54) is 11.1 Å². The van der Waals surface area contributed by atoms with Gasteiger partial charge >= 0.3 is 0 Å². The van der Waals surface area contributed by atoms with Crippen LogP contribution in [0.25, 0.3) is 0 Å². The summed E-state index contributed by atoms with van der Waals surface area (Å²) in [5.74, 6) is 0.974. The second-order valence-electron chi connectivity index (χ2n) is 4.91. The molecule has 1 aliphatic rings. The number of carbonyl (C=O) groups is 1. The Morgan fingerprint density at radius 2 is 2.26 bits per heavy atom. The van der Waals surface area contributed by atoms with Crippen molar-refractivity contribution in [3.05, 3.63) is 29.3 Å². The third kappa shape index (κ3) is 3.70. The van der Waals surface area contributed by atoms with Crippen LogP contribution in [0.5, 0.6) is 5.75 Å². The first-order chi connectivity index (χ1) is 9.22. The van der Waals surface area contributed by atoms with E-state index in [4.69, 9.17) is 4.74 Å². The van der Waals surface area contributed by atoms with Crippen LogP contribution >= 0.6 is 0 Å². The molecule has 0 aliphatic heterocycles. The summed E-state index contributed by atoms with van der Waals surface area (Å²) in [5.41, 5.74) is 2.73. The average Bonchev–Trinajstić information content (AvgIpc) is 2.44. The highest BCUT2D eigenvalue weighted by molar-refractivity contribution is 5.77. The Balaban J connectivity index is 1.91. The van der Waals surface area contributed by atoms with Crippen LogP contribution in [0.2, 0.25) is 0 Å². The third-order valence-corrected chi connectivity index (χ3v) is 3.57. The maximum atomic E-state index is 11.4. The fourth-order valence-electron chi connectivity index (χ4n) is 2.53. The smallest absolute Gasteiger partial charge is 0.233 e. The molecule has 1 aromatic rings. The Hall–Kier alpha value is -1.55. The summed E-state index contributed by atoms with van der Waals surface area (Å²) in [7, 11) is 1.69. The van der Waals surface area contributed by atoms with E-state index in [0.717, 1.165) is 25.0 Å². The number of aryl methyl sites for hydroxylation is 1. The zero-order valence-electron chi connectivity index (χ0n) is 11.7. The van der Waals surface area contributed by atoms with Crippen molar-refractivity contribution in [1.82, 2.24) is 10.6 Å². The molecule has 4 heteroatoms. The van der Waals surface area contributed by atoms with Crippen molar-refractivity contribution in [3.63, 3.8) is 0 Å².